The maximum absolute atomic E-state index is 12.3. The molecular formula is C14H16O4. The van der Waals surface area contributed by atoms with Gasteiger partial charge >= 0.3 is 5.97 Å². The fourth-order valence-corrected chi connectivity index (χ4v) is 1.99. The van der Waals surface area contributed by atoms with Crippen LogP contribution in [0.15, 0.2) is 24.3 Å². The second-order valence-electron chi connectivity index (χ2n) is 4.36. The van der Waals surface area contributed by atoms with Crippen molar-refractivity contribution >= 4 is 11.8 Å². The lowest BCUT2D eigenvalue weighted by Crippen LogP contribution is -2.27. The van der Waals surface area contributed by atoms with Crippen LogP contribution in [0.4, 0.5) is 0 Å². The van der Waals surface area contributed by atoms with E-state index in [9.17, 15) is 9.59 Å². The van der Waals surface area contributed by atoms with E-state index in [-0.39, 0.29) is 5.78 Å². The fourth-order valence-electron chi connectivity index (χ4n) is 1.99. The van der Waals surface area contributed by atoms with E-state index in [4.69, 9.17) is 9.47 Å². The average molecular weight is 248 g/mol. The standard InChI is InChI=1S/C14H16O4/c1-3-18-11-6-4-10(5-7-11)12(15)14(8-9-14)13(16)17-2/h4-7H,3,8-9H2,1-2H3. The zero-order chi connectivity index (χ0) is 13.2. The first-order valence-corrected chi connectivity index (χ1v) is 6.00. The number of esters is 1. The minimum atomic E-state index is -0.929. The van der Waals surface area contributed by atoms with Crippen molar-refractivity contribution in [2.24, 2.45) is 5.41 Å². The van der Waals surface area contributed by atoms with Crippen LogP contribution in [0.2, 0.25) is 0 Å². The molecule has 0 aromatic heterocycles. The van der Waals surface area contributed by atoms with Crippen LogP contribution in [0.5, 0.6) is 5.75 Å². The summed E-state index contributed by atoms with van der Waals surface area (Å²) in [6.45, 7) is 2.48. The molecule has 1 aliphatic rings. The minimum absolute atomic E-state index is 0.155. The van der Waals surface area contributed by atoms with Gasteiger partial charge in [-0.05, 0) is 44.0 Å². The van der Waals surface area contributed by atoms with Gasteiger partial charge in [-0.2, -0.15) is 0 Å². The van der Waals surface area contributed by atoms with Gasteiger partial charge in [0.05, 0.1) is 13.7 Å². The minimum Gasteiger partial charge on any atom is -0.494 e. The molecule has 1 aromatic rings. The molecule has 0 amide bonds. The van der Waals surface area contributed by atoms with Crippen LogP contribution in [0.1, 0.15) is 30.1 Å². The smallest absolute Gasteiger partial charge is 0.319 e. The first-order valence-electron chi connectivity index (χ1n) is 6.00. The van der Waals surface area contributed by atoms with Crippen molar-refractivity contribution in [1.82, 2.24) is 0 Å². The van der Waals surface area contributed by atoms with E-state index in [0.717, 1.165) is 5.75 Å². The number of ketones is 1. The normalized spacial score (nSPS) is 15.9. The molecule has 0 heterocycles. The van der Waals surface area contributed by atoms with Gasteiger partial charge in [0.2, 0.25) is 0 Å². The molecule has 4 heteroatoms. The quantitative estimate of drug-likeness (QED) is 0.455. The number of Topliss-reactive ketones (excluding diaryl/α,β-unsaturated/α-hetero) is 1. The molecule has 4 nitrogen and oxygen atoms in total. The van der Waals surface area contributed by atoms with Gasteiger partial charge in [-0.25, -0.2) is 0 Å². The van der Waals surface area contributed by atoms with Gasteiger partial charge in [0.15, 0.2) is 5.78 Å². The number of hydrogen-bond acceptors (Lipinski definition) is 4. The molecule has 1 fully saturated rings. The second kappa shape index (κ2) is 4.80. The lowest BCUT2D eigenvalue weighted by Gasteiger charge is -2.11. The van der Waals surface area contributed by atoms with Crippen molar-refractivity contribution in [3.63, 3.8) is 0 Å². The molecule has 0 atom stereocenters. The molecule has 2 rings (SSSR count). The number of carbonyl (C=O) groups is 2. The van der Waals surface area contributed by atoms with Crippen molar-refractivity contribution in [1.29, 1.82) is 0 Å². The van der Waals surface area contributed by atoms with Gasteiger partial charge in [0.25, 0.3) is 0 Å². The zero-order valence-corrected chi connectivity index (χ0v) is 10.6. The van der Waals surface area contributed by atoms with Gasteiger partial charge in [0, 0.05) is 5.56 Å². The largest absolute Gasteiger partial charge is 0.494 e. The topological polar surface area (TPSA) is 52.6 Å². The first kappa shape index (κ1) is 12.6. The summed E-state index contributed by atoms with van der Waals surface area (Å²) in [5.74, 6) is 0.135. The van der Waals surface area contributed by atoms with Gasteiger partial charge in [-0.15, -0.1) is 0 Å². The third kappa shape index (κ3) is 2.10. The monoisotopic (exact) mass is 248 g/mol. The van der Waals surface area contributed by atoms with E-state index < -0.39 is 11.4 Å². The van der Waals surface area contributed by atoms with E-state index in [1.807, 2.05) is 6.92 Å². The highest BCUT2D eigenvalue weighted by Crippen LogP contribution is 2.49. The van der Waals surface area contributed by atoms with Crippen molar-refractivity contribution in [3.05, 3.63) is 29.8 Å². The molecule has 96 valence electrons. The third-order valence-electron chi connectivity index (χ3n) is 3.19. The first-order chi connectivity index (χ1) is 8.64. The molecule has 0 aliphatic heterocycles. The van der Waals surface area contributed by atoms with Crippen LogP contribution in [-0.2, 0) is 9.53 Å². The number of methoxy groups -OCH3 is 1. The molecule has 1 aliphatic carbocycles. The summed E-state index contributed by atoms with van der Waals surface area (Å²) in [7, 11) is 1.31. The summed E-state index contributed by atoms with van der Waals surface area (Å²) in [6.07, 6.45) is 1.15. The van der Waals surface area contributed by atoms with Crippen molar-refractivity contribution in [2.75, 3.05) is 13.7 Å². The number of benzene rings is 1. The lowest BCUT2D eigenvalue weighted by molar-refractivity contribution is -0.145. The molecule has 0 spiro atoms. The summed E-state index contributed by atoms with van der Waals surface area (Å²) in [5, 5.41) is 0. The Kier molecular flexibility index (Phi) is 3.36. The van der Waals surface area contributed by atoms with Crippen LogP contribution < -0.4 is 4.74 Å². The summed E-state index contributed by atoms with van der Waals surface area (Å²) in [6, 6.07) is 6.86. The Morgan fingerprint density at radius 3 is 2.28 bits per heavy atom. The molecule has 0 N–H and O–H groups in total. The van der Waals surface area contributed by atoms with Gasteiger partial charge in [-0.1, -0.05) is 0 Å². The predicted octanol–water partition coefficient (Wildman–Crippen LogP) is 2.22. The maximum atomic E-state index is 12.3. The Labute approximate surface area is 106 Å². The van der Waals surface area contributed by atoms with E-state index in [1.165, 1.54) is 7.11 Å². The Balaban J connectivity index is 2.17. The molecule has 0 saturated heterocycles. The van der Waals surface area contributed by atoms with Crippen molar-refractivity contribution in [2.45, 2.75) is 19.8 Å². The summed E-state index contributed by atoms with van der Waals surface area (Å²) in [4.78, 5) is 23.9. The van der Waals surface area contributed by atoms with Crippen molar-refractivity contribution < 1.29 is 19.1 Å². The van der Waals surface area contributed by atoms with E-state index in [2.05, 4.69) is 0 Å². The third-order valence-corrected chi connectivity index (χ3v) is 3.19. The van der Waals surface area contributed by atoms with E-state index in [1.54, 1.807) is 24.3 Å². The van der Waals surface area contributed by atoms with Gasteiger partial charge in [0.1, 0.15) is 11.2 Å². The second-order valence-corrected chi connectivity index (χ2v) is 4.36. The maximum Gasteiger partial charge on any atom is 0.319 e. The summed E-state index contributed by atoms with van der Waals surface area (Å²) < 4.78 is 10.0. The predicted molar refractivity (Wildman–Crippen MR) is 65.6 cm³/mol. The highest BCUT2D eigenvalue weighted by molar-refractivity contribution is 6.14. The van der Waals surface area contributed by atoms with Crippen LogP contribution in [0.3, 0.4) is 0 Å². The SMILES string of the molecule is CCOc1ccc(C(=O)C2(C(=O)OC)CC2)cc1. The van der Waals surface area contributed by atoms with Crippen LogP contribution in [0.25, 0.3) is 0 Å². The van der Waals surface area contributed by atoms with Crippen molar-refractivity contribution in [3.8, 4) is 5.75 Å². The Hall–Kier alpha value is -1.84. The summed E-state index contributed by atoms with van der Waals surface area (Å²) in [5.41, 5.74) is -0.400. The average Bonchev–Trinajstić information content (AvgIpc) is 3.20. The van der Waals surface area contributed by atoms with E-state index >= 15 is 0 Å². The molecule has 1 saturated carbocycles. The fraction of sp³-hybridized carbons (Fsp3) is 0.429. The van der Waals surface area contributed by atoms with Crippen LogP contribution in [-0.4, -0.2) is 25.5 Å². The molecule has 18 heavy (non-hydrogen) atoms. The molecule has 0 unspecified atom stereocenters. The highest BCUT2D eigenvalue weighted by atomic mass is 16.5. The Bertz CT molecular complexity index is 457. The Morgan fingerprint density at radius 1 is 1.22 bits per heavy atom. The van der Waals surface area contributed by atoms with Crippen LogP contribution in [0, 0.1) is 5.41 Å². The number of carbonyl (C=O) groups excluding carboxylic acids is 2. The van der Waals surface area contributed by atoms with Gasteiger partial charge in [-0.3, -0.25) is 9.59 Å². The molecule has 0 bridgehead atoms. The zero-order valence-electron chi connectivity index (χ0n) is 10.6. The van der Waals surface area contributed by atoms with Crippen LogP contribution >= 0.6 is 0 Å². The molecule has 0 radical (unpaired) electrons. The molecular weight excluding hydrogens is 232 g/mol. The van der Waals surface area contributed by atoms with E-state index in [0.29, 0.717) is 25.0 Å². The number of hydrogen-bond donors (Lipinski definition) is 0. The number of rotatable bonds is 5. The number of ether oxygens (including phenoxy) is 2. The molecule has 1 aromatic carbocycles. The van der Waals surface area contributed by atoms with Gasteiger partial charge < -0.3 is 9.47 Å². The lowest BCUT2D eigenvalue weighted by atomic mass is 9.95. The summed E-state index contributed by atoms with van der Waals surface area (Å²) >= 11 is 0. The Morgan fingerprint density at radius 2 is 1.83 bits per heavy atom. The highest BCUT2D eigenvalue weighted by Gasteiger charge is 2.57.